The first kappa shape index (κ1) is 12.2. The number of nitrogens with one attached hydrogen (secondary N) is 1. The molecule has 0 aromatic carbocycles. The first-order valence-electron chi connectivity index (χ1n) is 4.74. The minimum Gasteiger partial charge on any atom is -0.366 e. The summed E-state index contributed by atoms with van der Waals surface area (Å²) < 4.78 is 0. The maximum Gasteiger partial charge on any atom is 0.168 e. The highest BCUT2D eigenvalue weighted by atomic mass is 35.5. The van der Waals surface area contributed by atoms with Gasteiger partial charge in [0.15, 0.2) is 5.11 Å². The van der Waals surface area contributed by atoms with E-state index in [0.29, 0.717) is 5.15 Å². The molecule has 1 heterocycles. The number of hydrogen-bond donors (Lipinski definition) is 1. The lowest BCUT2D eigenvalue weighted by Gasteiger charge is -2.22. The minimum atomic E-state index is 0.512. The van der Waals surface area contributed by atoms with Crippen LogP contribution in [0, 0.1) is 0 Å². The summed E-state index contributed by atoms with van der Waals surface area (Å²) in [5.41, 5.74) is 1.10. The molecule has 5 heteroatoms. The van der Waals surface area contributed by atoms with Crippen LogP contribution in [0.15, 0.2) is 18.3 Å². The first-order chi connectivity index (χ1) is 7.17. The number of thiocarbonyl (C=S) groups is 1. The van der Waals surface area contributed by atoms with Gasteiger partial charge in [-0.3, -0.25) is 0 Å². The highest BCUT2D eigenvalue weighted by molar-refractivity contribution is 7.80. The summed E-state index contributed by atoms with van der Waals surface area (Å²) in [5.74, 6) is 0. The molecule has 0 saturated heterocycles. The van der Waals surface area contributed by atoms with Crippen LogP contribution in [0.25, 0.3) is 0 Å². The van der Waals surface area contributed by atoms with E-state index in [1.165, 1.54) is 0 Å². The second kappa shape index (κ2) is 5.88. The summed E-state index contributed by atoms with van der Waals surface area (Å²) in [7, 11) is 1.82. The lowest BCUT2D eigenvalue weighted by molar-refractivity contribution is 0.430. The molecule has 1 N–H and O–H groups in total. The Balaban J connectivity index is 2.66. The molecule has 1 aromatic heterocycles. The van der Waals surface area contributed by atoms with Gasteiger partial charge in [0.1, 0.15) is 5.15 Å². The summed E-state index contributed by atoms with van der Waals surface area (Å²) in [5, 5.41) is 4.21. The SMILES string of the molecule is CCN(Cc1ccc(Cl)nc1)C(=S)NC. The second-order valence-electron chi connectivity index (χ2n) is 3.06. The van der Waals surface area contributed by atoms with Gasteiger partial charge < -0.3 is 10.2 Å². The molecule has 0 aliphatic rings. The molecule has 1 aromatic rings. The van der Waals surface area contributed by atoms with Crippen LogP contribution >= 0.6 is 23.8 Å². The fourth-order valence-corrected chi connectivity index (χ4v) is 1.51. The van der Waals surface area contributed by atoms with Gasteiger partial charge in [-0.2, -0.15) is 0 Å². The normalized spacial score (nSPS) is 9.80. The van der Waals surface area contributed by atoms with Gasteiger partial charge in [-0.1, -0.05) is 17.7 Å². The van der Waals surface area contributed by atoms with E-state index in [-0.39, 0.29) is 0 Å². The van der Waals surface area contributed by atoms with Crippen LogP contribution in [0.2, 0.25) is 5.15 Å². The highest BCUT2D eigenvalue weighted by Crippen LogP contribution is 2.08. The molecule has 3 nitrogen and oxygen atoms in total. The summed E-state index contributed by atoms with van der Waals surface area (Å²) in [6, 6.07) is 3.74. The molecule has 0 aliphatic heterocycles. The zero-order valence-corrected chi connectivity index (χ0v) is 10.4. The number of aromatic nitrogens is 1. The summed E-state index contributed by atoms with van der Waals surface area (Å²) >= 11 is 10.9. The molecule has 15 heavy (non-hydrogen) atoms. The molecule has 0 unspecified atom stereocenters. The van der Waals surface area contributed by atoms with Gasteiger partial charge in [0.05, 0.1) is 0 Å². The summed E-state index contributed by atoms with van der Waals surface area (Å²) in [4.78, 5) is 6.08. The number of rotatable bonds is 3. The molecule has 0 saturated carbocycles. The Hall–Kier alpha value is -0.870. The monoisotopic (exact) mass is 243 g/mol. The van der Waals surface area contributed by atoms with Crippen LogP contribution in [0.3, 0.4) is 0 Å². The Kier molecular flexibility index (Phi) is 4.78. The molecule has 0 atom stereocenters. The second-order valence-corrected chi connectivity index (χ2v) is 3.83. The zero-order chi connectivity index (χ0) is 11.3. The predicted molar refractivity (Wildman–Crippen MR) is 67.0 cm³/mol. The molecule has 0 spiro atoms. The molecule has 0 radical (unpaired) electrons. The molecule has 1 rings (SSSR count). The third kappa shape index (κ3) is 3.64. The predicted octanol–water partition coefficient (Wildman–Crippen LogP) is 2.06. The van der Waals surface area contributed by atoms with Crippen LogP contribution in [0.5, 0.6) is 0 Å². The van der Waals surface area contributed by atoms with E-state index in [1.54, 1.807) is 12.3 Å². The van der Waals surface area contributed by atoms with Crippen molar-refractivity contribution in [3.05, 3.63) is 29.0 Å². The smallest absolute Gasteiger partial charge is 0.168 e. The lowest BCUT2D eigenvalue weighted by Crippen LogP contribution is -2.37. The average Bonchev–Trinajstić information content (AvgIpc) is 2.27. The number of pyridine rings is 1. The minimum absolute atomic E-state index is 0.512. The van der Waals surface area contributed by atoms with Gasteiger partial charge >= 0.3 is 0 Å². The van der Waals surface area contributed by atoms with E-state index in [2.05, 4.69) is 22.1 Å². The number of halogens is 1. The van der Waals surface area contributed by atoms with Crippen molar-refractivity contribution < 1.29 is 0 Å². The standard InChI is InChI=1S/C10H14ClN3S/c1-3-14(10(15)12-2)7-8-4-5-9(11)13-6-8/h4-6H,3,7H2,1-2H3,(H,12,15). The van der Waals surface area contributed by atoms with Crippen LogP contribution in [0.4, 0.5) is 0 Å². The van der Waals surface area contributed by atoms with E-state index in [4.69, 9.17) is 23.8 Å². The Morgan fingerprint density at radius 1 is 1.60 bits per heavy atom. The Morgan fingerprint density at radius 2 is 2.33 bits per heavy atom. The van der Waals surface area contributed by atoms with Crippen molar-refractivity contribution in [2.45, 2.75) is 13.5 Å². The first-order valence-corrected chi connectivity index (χ1v) is 5.53. The highest BCUT2D eigenvalue weighted by Gasteiger charge is 2.06. The fraction of sp³-hybridized carbons (Fsp3) is 0.400. The van der Waals surface area contributed by atoms with Crippen LogP contribution < -0.4 is 5.32 Å². The largest absolute Gasteiger partial charge is 0.366 e. The Bertz CT molecular complexity index is 326. The van der Waals surface area contributed by atoms with E-state index in [9.17, 15) is 0 Å². The van der Waals surface area contributed by atoms with E-state index in [1.807, 2.05) is 13.1 Å². The molecular formula is C10H14ClN3S. The van der Waals surface area contributed by atoms with Crippen LogP contribution in [-0.2, 0) is 6.54 Å². The number of nitrogens with zero attached hydrogens (tertiary/aromatic N) is 2. The van der Waals surface area contributed by atoms with E-state index in [0.717, 1.165) is 23.8 Å². The third-order valence-corrected chi connectivity index (χ3v) is 2.73. The van der Waals surface area contributed by atoms with Gasteiger partial charge in [-0.15, -0.1) is 0 Å². The summed E-state index contributed by atoms with van der Waals surface area (Å²) in [6.45, 7) is 3.68. The van der Waals surface area contributed by atoms with Crippen LogP contribution in [0.1, 0.15) is 12.5 Å². The van der Waals surface area contributed by atoms with Gasteiger partial charge in [0, 0.05) is 26.3 Å². The van der Waals surface area contributed by atoms with Crippen molar-refractivity contribution in [2.24, 2.45) is 0 Å². The number of hydrogen-bond acceptors (Lipinski definition) is 2. The third-order valence-electron chi connectivity index (χ3n) is 2.04. The molecule has 0 bridgehead atoms. The van der Waals surface area contributed by atoms with Crippen molar-refractivity contribution in [2.75, 3.05) is 13.6 Å². The quantitative estimate of drug-likeness (QED) is 0.650. The molecule has 0 amide bonds. The van der Waals surface area contributed by atoms with Gasteiger partial charge in [-0.05, 0) is 30.8 Å². The van der Waals surface area contributed by atoms with Gasteiger partial charge in [0.2, 0.25) is 0 Å². The van der Waals surface area contributed by atoms with Crippen molar-refractivity contribution in [3.8, 4) is 0 Å². The zero-order valence-electron chi connectivity index (χ0n) is 8.83. The maximum atomic E-state index is 5.71. The maximum absolute atomic E-state index is 5.71. The van der Waals surface area contributed by atoms with Crippen molar-refractivity contribution >= 4 is 28.9 Å². The van der Waals surface area contributed by atoms with Crippen molar-refractivity contribution in [3.63, 3.8) is 0 Å². The molecule has 0 aliphatic carbocycles. The summed E-state index contributed by atoms with van der Waals surface area (Å²) in [6.07, 6.45) is 1.77. The van der Waals surface area contributed by atoms with Crippen molar-refractivity contribution in [1.29, 1.82) is 0 Å². The van der Waals surface area contributed by atoms with Crippen molar-refractivity contribution in [1.82, 2.24) is 15.2 Å². The topological polar surface area (TPSA) is 28.2 Å². The van der Waals surface area contributed by atoms with Gasteiger partial charge in [0.25, 0.3) is 0 Å². The average molecular weight is 244 g/mol. The lowest BCUT2D eigenvalue weighted by atomic mass is 10.3. The molecular weight excluding hydrogens is 230 g/mol. The fourth-order valence-electron chi connectivity index (χ4n) is 1.21. The van der Waals surface area contributed by atoms with Crippen LogP contribution in [-0.4, -0.2) is 28.6 Å². The van der Waals surface area contributed by atoms with E-state index >= 15 is 0 Å². The Morgan fingerprint density at radius 3 is 2.80 bits per heavy atom. The Labute approximate surface area is 100 Å². The molecule has 0 fully saturated rings. The van der Waals surface area contributed by atoms with E-state index < -0.39 is 0 Å². The molecule has 82 valence electrons. The van der Waals surface area contributed by atoms with Gasteiger partial charge in [-0.25, -0.2) is 4.98 Å².